The van der Waals surface area contributed by atoms with E-state index in [9.17, 15) is 10.3 Å². The van der Waals surface area contributed by atoms with Gasteiger partial charge in [0.2, 0.25) is 0 Å². The van der Waals surface area contributed by atoms with Crippen LogP contribution < -0.4 is 0 Å². The fraction of sp³-hybridized carbons (Fsp3) is 0.320. The van der Waals surface area contributed by atoms with Gasteiger partial charge in [-0.1, -0.05) is 81.9 Å². The van der Waals surface area contributed by atoms with Crippen molar-refractivity contribution in [1.29, 1.82) is 0 Å². The van der Waals surface area contributed by atoms with Crippen molar-refractivity contribution >= 4 is 17.5 Å². The molecule has 0 heterocycles. The summed E-state index contributed by atoms with van der Waals surface area (Å²) in [5, 5.41) is 22.6. The first-order valence-electron chi connectivity index (χ1n) is 9.68. The molecule has 0 saturated heterocycles. The second-order valence-electron chi connectivity index (χ2n) is 8.92. The molecule has 28 heavy (non-hydrogen) atoms. The molecule has 2 aromatic carbocycles. The number of benzene rings is 2. The molecule has 1 aliphatic carbocycles. The Morgan fingerprint density at radius 1 is 0.929 bits per heavy atom. The first kappa shape index (κ1) is 19.9. The van der Waals surface area contributed by atoms with Gasteiger partial charge in [-0.2, -0.15) is 0 Å². The maximum atomic E-state index is 9.60. The van der Waals surface area contributed by atoms with Crippen LogP contribution in [0, 0.1) is 0 Å². The van der Waals surface area contributed by atoms with Crippen LogP contribution in [-0.2, 0) is 10.8 Å². The van der Waals surface area contributed by atoms with Gasteiger partial charge in [0.05, 0.1) is 0 Å². The van der Waals surface area contributed by atoms with Crippen LogP contribution in [0.3, 0.4) is 0 Å². The number of fused-ring (bicyclic) bond motifs is 1. The van der Waals surface area contributed by atoms with Crippen molar-refractivity contribution in [3.63, 3.8) is 0 Å². The van der Waals surface area contributed by atoms with Crippen LogP contribution in [0.15, 0.2) is 60.3 Å². The highest BCUT2D eigenvalue weighted by molar-refractivity contribution is 6.10. The Balaban J connectivity index is 1.92. The van der Waals surface area contributed by atoms with Crippen LogP contribution in [0.4, 0.5) is 0 Å². The summed E-state index contributed by atoms with van der Waals surface area (Å²) in [6.07, 6.45) is 6.02. The molecule has 2 N–H and O–H groups in total. The number of rotatable bonds is 4. The van der Waals surface area contributed by atoms with E-state index < -0.39 is 0 Å². The lowest BCUT2D eigenvalue weighted by molar-refractivity contribution is 0.319. The van der Waals surface area contributed by atoms with E-state index in [1.54, 1.807) is 12.1 Å². The molecule has 0 spiro atoms. The lowest BCUT2D eigenvalue weighted by atomic mass is 9.63. The van der Waals surface area contributed by atoms with Crippen LogP contribution in [-0.4, -0.2) is 16.0 Å². The standard InChI is InChI=1S/C25H29NO2/c1-17(27)19-9-6-18(7-10-19)8-13-23(26-28)20-11-12-21-22(16-20)25(4,5)15-14-24(21,2)3/h6-13,16,27-28H,1,14-15H2,2-5H3/b13-8+,26-23+. The van der Waals surface area contributed by atoms with Crippen LogP contribution >= 0.6 is 0 Å². The van der Waals surface area contributed by atoms with Crippen LogP contribution in [0.25, 0.3) is 11.8 Å². The minimum atomic E-state index is 0.0488. The second kappa shape index (κ2) is 7.31. The van der Waals surface area contributed by atoms with E-state index in [-0.39, 0.29) is 16.6 Å². The molecular formula is C25H29NO2. The normalized spacial score (nSPS) is 18.1. The van der Waals surface area contributed by atoms with Crippen LogP contribution in [0.5, 0.6) is 0 Å². The van der Waals surface area contributed by atoms with Gasteiger partial charge in [-0.25, -0.2) is 0 Å². The summed E-state index contributed by atoms with van der Waals surface area (Å²) in [5.41, 5.74) is 6.05. The van der Waals surface area contributed by atoms with E-state index in [1.165, 1.54) is 17.5 Å². The molecule has 3 heteroatoms. The number of aliphatic hydroxyl groups is 1. The Hall–Kier alpha value is -2.81. The Morgan fingerprint density at radius 3 is 2.07 bits per heavy atom. The summed E-state index contributed by atoms with van der Waals surface area (Å²) < 4.78 is 0. The van der Waals surface area contributed by atoms with Crippen molar-refractivity contribution in [2.75, 3.05) is 0 Å². The van der Waals surface area contributed by atoms with Gasteiger partial charge in [0.15, 0.2) is 0 Å². The average Bonchev–Trinajstić information content (AvgIpc) is 2.66. The lowest BCUT2D eigenvalue weighted by Gasteiger charge is -2.42. The molecule has 0 bridgehead atoms. The smallest absolute Gasteiger partial charge is 0.115 e. The van der Waals surface area contributed by atoms with E-state index in [0.29, 0.717) is 11.3 Å². The van der Waals surface area contributed by atoms with Gasteiger partial charge in [-0.3, -0.25) is 0 Å². The second-order valence-corrected chi connectivity index (χ2v) is 8.92. The molecule has 0 aromatic heterocycles. The third-order valence-corrected chi connectivity index (χ3v) is 5.93. The molecule has 3 nitrogen and oxygen atoms in total. The third kappa shape index (κ3) is 3.89. The molecule has 0 unspecified atom stereocenters. The molecule has 146 valence electrons. The summed E-state index contributed by atoms with van der Waals surface area (Å²) in [4.78, 5) is 0. The number of oxime groups is 1. The first-order chi connectivity index (χ1) is 13.1. The summed E-state index contributed by atoms with van der Waals surface area (Å²) in [6.45, 7) is 12.7. The van der Waals surface area contributed by atoms with Crippen molar-refractivity contribution in [2.24, 2.45) is 5.16 Å². The highest BCUT2D eigenvalue weighted by atomic mass is 16.4. The van der Waals surface area contributed by atoms with Crippen LogP contribution in [0.1, 0.15) is 68.4 Å². The largest absolute Gasteiger partial charge is 0.508 e. The topological polar surface area (TPSA) is 52.8 Å². The van der Waals surface area contributed by atoms with Gasteiger partial charge in [-0.05, 0) is 52.5 Å². The predicted molar refractivity (Wildman–Crippen MR) is 117 cm³/mol. The van der Waals surface area contributed by atoms with Gasteiger partial charge >= 0.3 is 0 Å². The van der Waals surface area contributed by atoms with Gasteiger partial charge in [0, 0.05) is 11.1 Å². The molecule has 0 aliphatic heterocycles. The molecular weight excluding hydrogens is 346 g/mol. The lowest BCUT2D eigenvalue weighted by Crippen LogP contribution is -2.34. The highest BCUT2D eigenvalue weighted by Gasteiger charge is 2.37. The zero-order valence-electron chi connectivity index (χ0n) is 17.2. The van der Waals surface area contributed by atoms with E-state index in [2.05, 4.69) is 51.6 Å². The minimum absolute atomic E-state index is 0.0488. The minimum Gasteiger partial charge on any atom is -0.508 e. The van der Waals surface area contributed by atoms with Crippen molar-refractivity contribution < 1.29 is 10.3 Å². The molecule has 0 fully saturated rings. The van der Waals surface area contributed by atoms with Gasteiger partial charge in [-0.15, -0.1) is 0 Å². The predicted octanol–water partition coefficient (Wildman–Crippen LogP) is 6.46. The maximum absolute atomic E-state index is 9.60. The van der Waals surface area contributed by atoms with Crippen molar-refractivity contribution in [1.82, 2.24) is 0 Å². The van der Waals surface area contributed by atoms with Gasteiger partial charge < -0.3 is 10.3 Å². The summed E-state index contributed by atoms with van der Waals surface area (Å²) >= 11 is 0. The molecule has 0 amide bonds. The number of aliphatic hydroxyl groups excluding tert-OH is 1. The maximum Gasteiger partial charge on any atom is 0.115 e. The van der Waals surface area contributed by atoms with Gasteiger partial charge in [0.1, 0.15) is 11.5 Å². The fourth-order valence-corrected chi connectivity index (χ4v) is 3.90. The molecule has 1 aliphatic rings. The van der Waals surface area contributed by atoms with E-state index in [4.69, 9.17) is 0 Å². The fourth-order valence-electron chi connectivity index (χ4n) is 3.90. The van der Waals surface area contributed by atoms with E-state index >= 15 is 0 Å². The monoisotopic (exact) mass is 375 g/mol. The van der Waals surface area contributed by atoms with Gasteiger partial charge in [0.25, 0.3) is 0 Å². The Bertz CT molecular complexity index is 947. The summed E-state index contributed by atoms with van der Waals surface area (Å²) in [7, 11) is 0. The quantitative estimate of drug-likeness (QED) is 0.279. The zero-order valence-corrected chi connectivity index (χ0v) is 17.2. The van der Waals surface area contributed by atoms with Crippen molar-refractivity contribution in [2.45, 2.75) is 51.4 Å². The molecule has 2 aromatic rings. The molecule has 0 atom stereocenters. The Labute approximate surface area is 167 Å². The number of hydrogen-bond donors (Lipinski definition) is 2. The summed E-state index contributed by atoms with van der Waals surface area (Å²) in [5.74, 6) is 0.0488. The summed E-state index contributed by atoms with van der Waals surface area (Å²) in [6, 6.07) is 13.8. The van der Waals surface area contributed by atoms with Crippen molar-refractivity contribution in [3.8, 4) is 0 Å². The van der Waals surface area contributed by atoms with Crippen molar-refractivity contribution in [3.05, 3.63) is 82.9 Å². The number of nitrogens with zero attached hydrogens (tertiary/aromatic N) is 1. The third-order valence-electron chi connectivity index (χ3n) is 5.93. The van der Waals surface area contributed by atoms with E-state index in [0.717, 1.165) is 17.5 Å². The molecule has 0 saturated carbocycles. The Morgan fingerprint density at radius 2 is 1.50 bits per heavy atom. The molecule has 0 radical (unpaired) electrons. The first-order valence-corrected chi connectivity index (χ1v) is 9.68. The highest BCUT2D eigenvalue weighted by Crippen LogP contribution is 2.45. The number of allylic oxidation sites excluding steroid dienone is 1. The average molecular weight is 376 g/mol. The van der Waals surface area contributed by atoms with Crippen LogP contribution in [0.2, 0.25) is 0 Å². The van der Waals surface area contributed by atoms with E-state index in [1.807, 2.05) is 30.4 Å². The zero-order chi connectivity index (χ0) is 20.5. The Kier molecular flexibility index (Phi) is 5.20. The number of hydrogen-bond acceptors (Lipinski definition) is 3. The SMILES string of the molecule is C=C(O)c1ccc(/C=C/C(=N\O)c2ccc3c(c2)C(C)(C)CCC3(C)C)cc1. The molecule has 3 rings (SSSR count).